The van der Waals surface area contributed by atoms with E-state index in [-0.39, 0.29) is 17.6 Å². The second-order valence-corrected chi connectivity index (χ2v) is 7.65. The molecule has 0 spiro atoms. The fraction of sp³-hybridized carbons (Fsp3) is 0.348. The number of aryl methyl sites for hydroxylation is 1. The molecule has 4 heteroatoms. The summed E-state index contributed by atoms with van der Waals surface area (Å²) in [5, 5.41) is 3.20. The van der Waals surface area contributed by atoms with Crippen LogP contribution in [-0.4, -0.2) is 18.6 Å². The van der Waals surface area contributed by atoms with Gasteiger partial charge in [-0.2, -0.15) is 0 Å². The average molecular weight is 365 g/mol. The van der Waals surface area contributed by atoms with E-state index in [1.807, 2.05) is 45.0 Å². The Morgan fingerprint density at radius 1 is 1.33 bits per heavy atom. The lowest BCUT2D eigenvalue weighted by atomic mass is 9.88. The zero-order valence-electron chi connectivity index (χ0n) is 16.5. The molecule has 1 aliphatic rings. The van der Waals surface area contributed by atoms with Gasteiger partial charge in [-0.1, -0.05) is 23.8 Å². The summed E-state index contributed by atoms with van der Waals surface area (Å²) in [5.74, 6) is 1.50. The molecule has 0 aromatic heterocycles. The number of fused-ring (bicyclic) bond motifs is 1. The minimum Gasteiger partial charge on any atom is -0.496 e. The van der Waals surface area contributed by atoms with Gasteiger partial charge >= 0.3 is 0 Å². The summed E-state index contributed by atoms with van der Waals surface area (Å²) < 4.78 is 11.5. The molecular weight excluding hydrogens is 338 g/mol. The van der Waals surface area contributed by atoms with Gasteiger partial charge in [0.05, 0.1) is 13.2 Å². The molecule has 1 unspecified atom stereocenters. The van der Waals surface area contributed by atoms with E-state index in [1.165, 1.54) is 0 Å². The number of amides is 1. The van der Waals surface area contributed by atoms with Gasteiger partial charge in [0.2, 0.25) is 0 Å². The summed E-state index contributed by atoms with van der Waals surface area (Å²) in [6, 6.07) is 11.5. The van der Waals surface area contributed by atoms with Crippen LogP contribution in [0.5, 0.6) is 11.5 Å². The van der Waals surface area contributed by atoms with Gasteiger partial charge in [-0.25, -0.2) is 0 Å². The monoisotopic (exact) mass is 365 g/mol. The fourth-order valence-corrected chi connectivity index (χ4v) is 3.58. The van der Waals surface area contributed by atoms with Crippen LogP contribution < -0.4 is 14.8 Å². The predicted octanol–water partition coefficient (Wildman–Crippen LogP) is 4.76. The Bertz CT molecular complexity index is 870. The number of rotatable bonds is 5. The average Bonchev–Trinajstić information content (AvgIpc) is 2.62. The Hall–Kier alpha value is -2.75. The summed E-state index contributed by atoms with van der Waals surface area (Å²) in [6.07, 6.45) is 3.17. The molecule has 2 aromatic carbocycles. The minimum atomic E-state index is -0.339. The van der Waals surface area contributed by atoms with Gasteiger partial charge in [0.25, 0.3) is 5.91 Å². The van der Waals surface area contributed by atoms with Crippen LogP contribution >= 0.6 is 0 Å². The van der Waals surface area contributed by atoms with Crippen molar-refractivity contribution in [1.29, 1.82) is 0 Å². The maximum absolute atomic E-state index is 13.0. The van der Waals surface area contributed by atoms with Crippen LogP contribution in [0.1, 0.15) is 53.4 Å². The van der Waals surface area contributed by atoms with Gasteiger partial charge in [0.1, 0.15) is 17.1 Å². The molecule has 0 saturated heterocycles. The van der Waals surface area contributed by atoms with Crippen molar-refractivity contribution in [3.63, 3.8) is 0 Å². The van der Waals surface area contributed by atoms with E-state index in [2.05, 4.69) is 18.0 Å². The molecule has 2 aromatic rings. The van der Waals surface area contributed by atoms with E-state index < -0.39 is 0 Å². The number of nitrogens with one attached hydrogen (secondary N) is 1. The van der Waals surface area contributed by atoms with Gasteiger partial charge in [-0.15, -0.1) is 6.58 Å². The van der Waals surface area contributed by atoms with Crippen molar-refractivity contribution in [2.45, 2.75) is 45.3 Å². The third-order valence-electron chi connectivity index (χ3n) is 4.83. The molecule has 1 amide bonds. The Morgan fingerprint density at radius 2 is 2.11 bits per heavy atom. The number of allylic oxidation sites excluding steroid dienone is 1. The van der Waals surface area contributed by atoms with E-state index in [1.54, 1.807) is 19.3 Å². The Morgan fingerprint density at radius 3 is 2.81 bits per heavy atom. The highest BCUT2D eigenvalue weighted by Gasteiger charge is 2.34. The van der Waals surface area contributed by atoms with Crippen LogP contribution in [0, 0.1) is 6.92 Å². The first kappa shape index (κ1) is 19.0. The smallest absolute Gasteiger partial charge is 0.251 e. The Labute approximate surface area is 161 Å². The molecule has 0 saturated carbocycles. The van der Waals surface area contributed by atoms with E-state index in [9.17, 15) is 4.79 Å². The highest BCUT2D eigenvalue weighted by Crippen LogP contribution is 2.40. The summed E-state index contributed by atoms with van der Waals surface area (Å²) in [7, 11) is 1.63. The molecule has 4 nitrogen and oxygen atoms in total. The third kappa shape index (κ3) is 4.16. The van der Waals surface area contributed by atoms with E-state index >= 15 is 0 Å². The molecule has 0 fully saturated rings. The van der Waals surface area contributed by atoms with E-state index in [0.717, 1.165) is 28.2 Å². The Balaban J connectivity index is 1.89. The summed E-state index contributed by atoms with van der Waals surface area (Å²) in [6.45, 7) is 9.92. The lowest BCUT2D eigenvalue weighted by molar-refractivity contribution is 0.0619. The molecule has 0 aliphatic carbocycles. The second kappa shape index (κ2) is 7.47. The van der Waals surface area contributed by atoms with Gasteiger partial charge in [0, 0.05) is 17.5 Å². The molecule has 3 rings (SSSR count). The lowest BCUT2D eigenvalue weighted by Gasteiger charge is -2.38. The number of carbonyl (C=O) groups is 1. The second-order valence-electron chi connectivity index (χ2n) is 7.65. The summed E-state index contributed by atoms with van der Waals surface area (Å²) in [5.41, 5.74) is 3.40. The minimum absolute atomic E-state index is 0.0962. The first-order valence-electron chi connectivity index (χ1n) is 9.21. The van der Waals surface area contributed by atoms with E-state index in [4.69, 9.17) is 9.47 Å². The van der Waals surface area contributed by atoms with Crippen molar-refractivity contribution in [2.75, 3.05) is 7.11 Å². The topological polar surface area (TPSA) is 47.6 Å². The maximum atomic E-state index is 13.0. The fourth-order valence-electron chi connectivity index (χ4n) is 3.58. The van der Waals surface area contributed by atoms with Crippen LogP contribution in [0.3, 0.4) is 0 Å². The molecule has 1 aliphatic heterocycles. The van der Waals surface area contributed by atoms with Crippen LogP contribution in [0.15, 0.2) is 49.1 Å². The van der Waals surface area contributed by atoms with E-state index in [0.29, 0.717) is 18.4 Å². The Kier molecular flexibility index (Phi) is 5.26. The van der Waals surface area contributed by atoms with Gasteiger partial charge in [0.15, 0.2) is 0 Å². The first-order chi connectivity index (χ1) is 12.8. The molecule has 142 valence electrons. The normalized spacial score (nSPS) is 17.4. The van der Waals surface area contributed by atoms with Crippen molar-refractivity contribution in [3.05, 3.63) is 71.3 Å². The maximum Gasteiger partial charge on any atom is 0.251 e. The van der Waals surface area contributed by atoms with Crippen molar-refractivity contribution in [3.8, 4) is 11.5 Å². The summed E-state index contributed by atoms with van der Waals surface area (Å²) >= 11 is 0. The van der Waals surface area contributed by atoms with Crippen molar-refractivity contribution in [2.24, 2.45) is 0 Å². The number of hydrogen-bond donors (Lipinski definition) is 1. The van der Waals surface area contributed by atoms with Gasteiger partial charge in [-0.05, 0) is 57.0 Å². The standard InChI is InChI=1S/C23H27NO3/c1-6-7-16-13-17(9-11-20(16)26-5)22(25)24-19-14-23(3,4)27-21-10-8-15(2)12-18(19)21/h6,8-13,19H,1,7,14H2,2-5H3,(H,24,25). The molecule has 27 heavy (non-hydrogen) atoms. The predicted molar refractivity (Wildman–Crippen MR) is 108 cm³/mol. The van der Waals surface area contributed by atoms with Crippen LogP contribution in [0.2, 0.25) is 0 Å². The number of hydrogen-bond acceptors (Lipinski definition) is 3. The quantitative estimate of drug-likeness (QED) is 0.777. The van der Waals surface area contributed by atoms with Gasteiger partial charge < -0.3 is 14.8 Å². The van der Waals surface area contributed by atoms with Crippen LogP contribution in [-0.2, 0) is 6.42 Å². The third-order valence-corrected chi connectivity index (χ3v) is 4.83. The number of carbonyl (C=O) groups excluding carboxylic acids is 1. The molecular formula is C23H27NO3. The van der Waals surface area contributed by atoms with Crippen molar-refractivity contribution >= 4 is 5.91 Å². The van der Waals surface area contributed by atoms with Crippen molar-refractivity contribution in [1.82, 2.24) is 5.32 Å². The largest absolute Gasteiger partial charge is 0.496 e. The van der Waals surface area contributed by atoms with Crippen molar-refractivity contribution < 1.29 is 14.3 Å². The zero-order chi connectivity index (χ0) is 19.6. The SMILES string of the molecule is C=CCc1cc(C(=O)NC2CC(C)(C)Oc3ccc(C)cc32)ccc1OC. The van der Waals surface area contributed by atoms with Gasteiger partial charge in [-0.3, -0.25) is 4.79 Å². The molecule has 0 bridgehead atoms. The molecule has 1 heterocycles. The summed E-state index contributed by atoms with van der Waals surface area (Å²) in [4.78, 5) is 13.0. The van der Waals surface area contributed by atoms with Crippen LogP contribution in [0.25, 0.3) is 0 Å². The first-order valence-corrected chi connectivity index (χ1v) is 9.21. The van der Waals surface area contributed by atoms with Crippen LogP contribution in [0.4, 0.5) is 0 Å². The number of benzene rings is 2. The molecule has 1 atom stereocenters. The highest BCUT2D eigenvalue weighted by molar-refractivity contribution is 5.95. The number of methoxy groups -OCH3 is 1. The number of ether oxygens (including phenoxy) is 2. The zero-order valence-corrected chi connectivity index (χ0v) is 16.5. The molecule has 0 radical (unpaired) electrons. The highest BCUT2D eigenvalue weighted by atomic mass is 16.5. The lowest BCUT2D eigenvalue weighted by Crippen LogP contribution is -2.41. The molecule has 1 N–H and O–H groups in total.